The third-order valence-corrected chi connectivity index (χ3v) is 5.75. The van der Waals surface area contributed by atoms with E-state index in [0.717, 1.165) is 16.8 Å². The molecule has 1 atom stereocenters. The number of hydrogen-bond donors (Lipinski definition) is 4. The van der Waals surface area contributed by atoms with Gasteiger partial charge in [-0.25, -0.2) is 14.2 Å². The van der Waals surface area contributed by atoms with Crippen LogP contribution in [0.1, 0.15) is 24.0 Å². The van der Waals surface area contributed by atoms with E-state index in [4.69, 9.17) is 5.11 Å². The van der Waals surface area contributed by atoms with Crippen molar-refractivity contribution in [1.29, 1.82) is 0 Å². The van der Waals surface area contributed by atoms with E-state index in [1.165, 1.54) is 12.1 Å². The largest absolute Gasteiger partial charge is 0.396 e. The SMILES string of the molecule is Cc1cc2nc3c(=O)[nH]c(=O)nc-3n(CCC(O)CCO)c2cc1NCCc1ccc(F)cc1. The number of H-pyrrole nitrogens is 1. The molecule has 0 bridgehead atoms. The van der Waals surface area contributed by atoms with Crippen molar-refractivity contribution in [3.05, 3.63) is 74.2 Å². The van der Waals surface area contributed by atoms with Crippen LogP contribution in [0.25, 0.3) is 22.6 Å². The van der Waals surface area contributed by atoms with Crippen molar-refractivity contribution in [2.75, 3.05) is 18.5 Å². The number of aryl methyl sites for hydroxylation is 2. The summed E-state index contributed by atoms with van der Waals surface area (Å²) < 4.78 is 14.8. The number of benzene rings is 2. The minimum Gasteiger partial charge on any atom is -0.396 e. The minimum atomic E-state index is -0.770. The Balaban J connectivity index is 1.72. The molecule has 10 heteroatoms. The first-order valence-corrected chi connectivity index (χ1v) is 11.1. The van der Waals surface area contributed by atoms with Crippen molar-refractivity contribution in [3.8, 4) is 11.5 Å². The van der Waals surface area contributed by atoms with Crippen molar-refractivity contribution >= 4 is 16.7 Å². The van der Waals surface area contributed by atoms with Crippen LogP contribution in [0.2, 0.25) is 0 Å². The zero-order chi connectivity index (χ0) is 24.2. The zero-order valence-electron chi connectivity index (χ0n) is 18.7. The summed E-state index contributed by atoms with van der Waals surface area (Å²) in [5, 5.41) is 22.6. The van der Waals surface area contributed by atoms with E-state index in [2.05, 4.69) is 20.3 Å². The molecule has 0 aromatic heterocycles. The van der Waals surface area contributed by atoms with Gasteiger partial charge in [0.1, 0.15) is 5.82 Å². The van der Waals surface area contributed by atoms with E-state index in [1.807, 2.05) is 19.1 Å². The van der Waals surface area contributed by atoms with Crippen molar-refractivity contribution in [1.82, 2.24) is 19.5 Å². The molecule has 34 heavy (non-hydrogen) atoms. The summed E-state index contributed by atoms with van der Waals surface area (Å²) in [7, 11) is 0. The van der Waals surface area contributed by atoms with Gasteiger partial charge in [0.2, 0.25) is 0 Å². The number of hydrogen-bond acceptors (Lipinski definition) is 7. The van der Waals surface area contributed by atoms with Crippen molar-refractivity contribution in [2.45, 2.75) is 38.8 Å². The van der Waals surface area contributed by atoms with Gasteiger partial charge in [-0.1, -0.05) is 12.1 Å². The number of halogens is 1. The smallest absolute Gasteiger partial charge is 0.349 e. The van der Waals surface area contributed by atoms with E-state index in [1.54, 1.807) is 16.7 Å². The molecule has 1 unspecified atom stereocenters. The molecule has 0 amide bonds. The molecule has 2 aliphatic rings. The predicted molar refractivity (Wildman–Crippen MR) is 127 cm³/mol. The van der Waals surface area contributed by atoms with Gasteiger partial charge >= 0.3 is 5.69 Å². The molecule has 0 radical (unpaired) electrons. The second-order valence-corrected chi connectivity index (χ2v) is 8.22. The number of nitrogens with one attached hydrogen (secondary N) is 2. The maximum Gasteiger partial charge on any atom is 0.349 e. The first kappa shape index (κ1) is 23.5. The Hall–Kier alpha value is -3.63. The van der Waals surface area contributed by atoms with Gasteiger partial charge in [0.05, 0.1) is 17.1 Å². The fraction of sp³-hybridized carbons (Fsp3) is 0.333. The molecule has 0 fully saturated rings. The Bertz CT molecular complexity index is 1380. The van der Waals surface area contributed by atoms with Crippen LogP contribution in [0, 0.1) is 12.7 Å². The normalized spacial score (nSPS) is 12.4. The lowest BCUT2D eigenvalue weighted by Crippen LogP contribution is -2.29. The number of rotatable bonds is 9. The molecule has 0 aliphatic carbocycles. The fourth-order valence-corrected chi connectivity index (χ4v) is 3.93. The van der Waals surface area contributed by atoms with E-state index >= 15 is 0 Å². The Morgan fingerprint density at radius 2 is 1.91 bits per heavy atom. The number of aromatic nitrogens is 4. The quantitative estimate of drug-likeness (QED) is 0.276. The molecule has 2 aliphatic heterocycles. The highest BCUT2D eigenvalue weighted by Crippen LogP contribution is 2.27. The maximum absolute atomic E-state index is 13.1. The molecule has 4 N–H and O–H groups in total. The van der Waals surface area contributed by atoms with Crippen LogP contribution >= 0.6 is 0 Å². The molecule has 0 saturated carbocycles. The topological polar surface area (TPSA) is 133 Å². The second-order valence-electron chi connectivity index (χ2n) is 8.22. The summed E-state index contributed by atoms with van der Waals surface area (Å²) in [6.07, 6.45) is 0.460. The van der Waals surface area contributed by atoms with Gasteiger partial charge in [-0.3, -0.25) is 9.78 Å². The van der Waals surface area contributed by atoms with E-state index in [9.17, 15) is 19.1 Å². The molecule has 9 nitrogen and oxygen atoms in total. The number of aliphatic hydroxyl groups excluding tert-OH is 2. The summed E-state index contributed by atoms with van der Waals surface area (Å²) in [6, 6.07) is 10.1. The lowest BCUT2D eigenvalue weighted by atomic mass is 10.1. The lowest BCUT2D eigenvalue weighted by Gasteiger charge is -2.20. The molecular weight excluding hydrogens is 441 g/mol. The molecule has 2 heterocycles. The molecule has 2 aromatic rings. The Labute approximate surface area is 194 Å². The standard InChI is InChI=1S/C24H26FN5O4/c1-14-12-19-20(13-18(14)26-9-6-15-2-4-16(25)5-3-15)30(10-7-17(32)8-11-31)22-21(27-19)23(33)29-24(34)28-22/h2-5,12-13,17,26,31-32H,6-11H2,1H3,(H,29,33,34). The van der Waals surface area contributed by atoms with E-state index < -0.39 is 17.4 Å². The third kappa shape index (κ3) is 5.13. The molecule has 0 spiro atoms. The van der Waals surface area contributed by atoms with Gasteiger partial charge in [-0.2, -0.15) is 4.98 Å². The molecule has 4 rings (SSSR count). The van der Waals surface area contributed by atoms with Crippen LogP contribution in [0.15, 0.2) is 46.0 Å². The summed E-state index contributed by atoms with van der Waals surface area (Å²) in [4.78, 5) is 34.9. The lowest BCUT2D eigenvalue weighted by molar-refractivity contribution is 0.121. The molecule has 2 aromatic carbocycles. The van der Waals surface area contributed by atoms with Crippen molar-refractivity contribution in [2.24, 2.45) is 0 Å². The van der Waals surface area contributed by atoms with Crippen LogP contribution in [0.4, 0.5) is 10.1 Å². The number of fused-ring (bicyclic) bond motifs is 2. The Morgan fingerprint density at radius 3 is 2.65 bits per heavy atom. The van der Waals surface area contributed by atoms with Gasteiger partial charge < -0.3 is 20.1 Å². The highest BCUT2D eigenvalue weighted by molar-refractivity contribution is 5.84. The molecule has 178 valence electrons. The highest BCUT2D eigenvalue weighted by Gasteiger charge is 2.20. The number of anilines is 1. The maximum atomic E-state index is 13.1. The van der Waals surface area contributed by atoms with Crippen LogP contribution < -0.4 is 16.6 Å². The summed E-state index contributed by atoms with van der Waals surface area (Å²) in [6.45, 7) is 2.65. The minimum absolute atomic E-state index is 0.0418. The molecular formula is C24H26FN5O4. The Morgan fingerprint density at radius 1 is 1.15 bits per heavy atom. The number of aromatic amines is 1. The highest BCUT2D eigenvalue weighted by atomic mass is 19.1. The van der Waals surface area contributed by atoms with Crippen molar-refractivity contribution < 1.29 is 14.6 Å². The number of aliphatic hydroxyl groups is 2. The molecule has 0 saturated heterocycles. The van der Waals surface area contributed by atoms with Crippen LogP contribution in [-0.4, -0.2) is 49.0 Å². The first-order valence-electron chi connectivity index (χ1n) is 11.1. The summed E-state index contributed by atoms with van der Waals surface area (Å²) in [5.41, 5.74) is 2.60. The summed E-state index contributed by atoms with van der Waals surface area (Å²) >= 11 is 0. The first-order chi connectivity index (χ1) is 16.4. The van der Waals surface area contributed by atoms with Gasteiger partial charge in [0, 0.05) is 25.4 Å². The zero-order valence-corrected chi connectivity index (χ0v) is 18.7. The van der Waals surface area contributed by atoms with Gasteiger partial charge in [-0.05, 0) is 61.6 Å². The van der Waals surface area contributed by atoms with Crippen molar-refractivity contribution in [3.63, 3.8) is 0 Å². The summed E-state index contributed by atoms with van der Waals surface area (Å²) in [5.74, 6) is -0.136. The van der Waals surface area contributed by atoms with Gasteiger partial charge in [-0.15, -0.1) is 0 Å². The van der Waals surface area contributed by atoms with Crippen LogP contribution in [0.5, 0.6) is 0 Å². The third-order valence-electron chi connectivity index (χ3n) is 5.75. The van der Waals surface area contributed by atoms with Crippen LogP contribution in [-0.2, 0) is 13.0 Å². The fourth-order valence-electron chi connectivity index (χ4n) is 3.93. The average molecular weight is 468 g/mol. The van der Waals surface area contributed by atoms with Gasteiger partial charge in [0.15, 0.2) is 11.5 Å². The Kier molecular flexibility index (Phi) is 6.99. The van der Waals surface area contributed by atoms with Crippen LogP contribution in [0.3, 0.4) is 0 Å². The van der Waals surface area contributed by atoms with E-state index in [0.29, 0.717) is 30.4 Å². The second kappa shape index (κ2) is 10.1. The monoisotopic (exact) mass is 467 g/mol. The van der Waals surface area contributed by atoms with Gasteiger partial charge in [0.25, 0.3) is 5.56 Å². The number of nitrogens with zero attached hydrogens (tertiary/aromatic N) is 3. The van der Waals surface area contributed by atoms with E-state index in [-0.39, 0.29) is 36.9 Å². The average Bonchev–Trinajstić information content (AvgIpc) is 2.79. The predicted octanol–water partition coefficient (Wildman–Crippen LogP) is 1.82.